The normalized spacial score (nSPS) is 56.8. The Labute approximate surface area is 91.3 Å². The van der Waals surface area contributed by atoms with Crippen LogP contribution in [0.5, 0.6) is 0 Å². The van der Waals surface area contributed by atoms with E-state index in [0.29, 0.717) is 12.2 Å². The van der Waals surface area contributed by atoms with E-state index in [1.807, 2.05) is 0 Å². The molecule has 2 nitrogen and oxygen atoms in total. The Morgan fingerprint density at radius 1 is 0.800 bits per heavy atom. The molecule has 0 spiro atoms. The molecule has 0 aromatic rings. The fraction of sp³-hybridized carbons (Fsp3) is 1.00. The highest BCUT2D eigenvalue weighted by Crippen LogP contribution is 2.60. The first-order valence-electron chi connectivity index (χ1n) is 6.69. The molecule has 4 aliphatic rings. The molecule has 2 aliphatic carbocycles. The van der Waals surface area contributed by atoms with Gasteiger partial charge in [-0.2, -0.15) is 0 Å². The SMILES string of the molecule is C1CCC2(CC34CCCCC3O4)OC2C1. The first-order chi connectivity index (χ1) is 7.33. The summed E-state index contributed by atoms with van der Waals surface area (Å²) in [6.07, 6.45) is 13.1. The van der Waals surface area contributed by atoms with E-state index >= 15 is 0 Å². The van der Waals surface area contributed by atoms with Crippen LogP contribution < -0.4 is 0 Å². The van der Waals surface area contributed by atoms with Gasteiger partial charge in [-0.3, -0.25) is 0 Å². The van der Waals surface area contributed by atoms with Crippen molar-refractivity contribution < 1.29 is 9.47 Å². The Morgan fingerprint density at radius 3 is 1.80 bits per heavy atom. The largest absolute Gasteiger partial charge is 0.366 e. The zero-order valence-corrected chi connectivity index (χ0v) is 9.34. The van der Waals surface area contributed by atoms with Gasteiger partial charge in [0, 0.05) is 6.42 Å². The van der Waals surface area contributed by atoms with Crippen molar-refractivity contribution >= 4 is 0 Å². The van der Waals surface area contributed by atoms with Crippen LogP contribution in [-0.2, 0) is 9.47 Å². The molecule has 4 atom stereocenters. The van der Waals surface area contributed by atoms with E-state index < -0.39 is 0 Å². The maximum absolute atomic E-state index is 5.98. The van der Waals surface area contributed by atoms with Crippen LogP contribution in [0.15, 0.2) is 0 Å². The third kappa shape index (κ3) is 1.24. The van der Waals surface area contributed by atoms with Gasteiger partial charge in [0.15, 0.2) is 0 Å². The monoisotopic (exact) mass is 208 g/mol. The van der Waals surface area contributed by atoms with Crippen molar-refractivity contribution in [1.29, 1.82) is 0 Å². The van der Waals surface area contributed by atoms with Crippen LogP contribution in [0, 0.1) is 0 Å². The summed E-state index contributed by atoms with van der Waals surface area (Å²) < 4.78 is 12.0. The molecule has 2 heterocycles. The van der Waals surface area contributed by atoms with Crippen LogP contribution >= 0.6 is 0 Å². The van der Waals surface area contributed by atoms with Crippen molar-refractivity contribution in [2.75, 3.05) is 0 Å². The van der Waals surface area contributed by atoms with Gasteiger partial charge >= 0.3 is 0 Å². The Bertz CT molecular complexity index is 262. The van der Waals surface area contributed by atoms with Crippen molar-refractivity contribution in [2.45, 2.75) is 81.2 Å². The molecule has 0 aromatic heterocycles. The summed E-state index contributed by atoms with van der Waals surface area (Å²) in [5.74, 6) is 0. The van der Waals surface area contributed by atoms with Gasteiger partial charge in [-0.15, -0.1) is 0 Å². The predicted octanol–water partition coefficient (Wildman–Crippen LogP) is 2.80. The lowest BCUT2D eigenvalue weighted by molar-refractivity contribution is 0.187. The van der Waals surface area contributed by atoms with Gasteiger partial charge in [0.1, 0.15) is 0 Å². The molecular weight excluding hydrogens is 188 g/mol. The van der Waals surface area contributed by atoms with E-state index in [4.69, 9.17) is 9.47 Å². The lowest BCUT2D eigenvalue weighted by Gasteiger charge is -2.23. The van der Waals surface area contributed by atoms with Gasteiger partial charge in [-0.1, -0.05) is 25.7 Å². The number of hydrogen-bond acceptors (Lipinski definition) is 2. The van der Waals surface area contributed by atoms with E-state index in [0.717, 1.165) is 0 Å². The third-order valence-electron chi connectivity index (χ3n) is 5.04. The van der Waals surface area contributed by atoms with Crippen LogP contribution in [0.4, 0.5) is 0 Å². The molecule has 2 saturated heterocycles. The van der Waals surface area contributed by atoms with Gasteiger partial charge in [0.05, 0.1) is 23.4 Å². The third-order valence-corrected chi connectivity index (χ3v) is 5.04. The number of epoxide rings is 2. The predicted molar refractivity (Wildman–Crippen MR) is 56.8 cm³/mol. The molecule has 84 valence electrons. The van der Waals surface area contributed by atoms with Crippen molar-refractivity contribution in [1.82, 2.24) is 0 Å². The maximum Gasteiger partial charge on any atom is 0.0976 e. The first-order valence-corrected chi connectivity index (χ1v) is 6.69. The maximum atomic E-state index is 5.98. The van der Waals surface area contributed by atoms with Crippen LogP contribution in [0.25, 0.3) is 0 Å². The van der Waals surface area contributed by atoms with Crippen molar-refractivity contribution in [2.24, 2.45) is 0 Å². The van der Waals surface area contributed by atoms with E-state index in [1.165, 1.54) is 57.8 Å². The zero-order valence-electron chi connectivity index (χ0n) is 9.34. The molecule has 0 N–H and O–H groups in total. The highest BCUT2D eigenvalue weighted by molar-refractivity contribution is 5.16. The summed E-state index contributed by atoms with van der Waals surface area (Å²) in [5, 5.41) is 0. The lowest BCUT2D eigenvalue weighted by atomic mass is 9.77. The minimum atomic E-state index is 0.282. The molecule has 15 heavy (non-hydrogen) atoms. The molecule has 0 aromatic carbocycles. The first kappa shape index (κ1) is 9.00. The summed E-state index contributed by atoms with van der Waals surface area (Å²) in [7, 11) is 0. The molecule has 0 amide bonds. The molecule has 0 bridgehead atoms. The Hall–Kier alpha value is -0.0800. The fourth-order valence-electron chi connectivity index (χ4n) is 4.08. The Morgan fingerprint density at radius 2 is 1.33 bits per heavy atom. The van der Waals surface area contributed by atoms with E-state index in [2.05, 4.69) is 0 Å². The second-order valence-corrected chi connectivity index (χ2v) is 6.01. The van der Waals surface area contributed by atoms with Crippen molar-refractivity contribution in [3.63, 3.8) is 0 Å². The minimum absolute atomic E-state index is 0.282. The Kier molecular flexibility index (Phi) is 1.67. The lowest BCUT2D eigenvalue weighted by Crippen LogP contribution is -2.30. The fourth-order valence-corrected chi connectivity index (χ4v) is 4.08. The van der Waals surface area contributed by atoms with Crippen LogP contribution in [0.2, 0.25) is 0 Å². The average Bonchev–Trinajstić information content (AvgIpc) is 3.09. The summed E-state index contributed by atoms with van der Waals surface area (Å²) in [6, 6.07) is 0. The second-order valence-electron chi connectivity index (χ2n) is 6.01. The van der Waals surface area contributed by atoms with Gasteiger partial charge in [-0.25, -0.2) is 0 Å². The van der Waals surface area contributed by atoms with Gasteiger partial charge in [-0.05, 0) is 25.7 Å². The molecular formula is C13H20O2. The van der Waals surface area contributed by atoms with Gasteiger partial charge < -0.3 is 9.47 Å². The topological polar surface area (TPSA) is 25.1 Å². The van der Waals surface area contributed by atoms with Crippen molar-refractivity contribution in [3.05, 3.63) is 0 Å². The van der Waals surface area contributed by atoms with Crippen LogP contribution in [0.3, 0.4) is 0 Å². The van der Waals surface area contributed by atoms with E-state index in [-0.39, 0.29) is 11.2 Å². The van der Waals surface area contributed by atoms with Crippen molar-refractivity contribution in [3.8, 4) is 0 Å². The molecule has 4 fully saturated rings. The summed E-state index contributed by atoms with van der Waals surface area (Å²) in [4.78, 5) is 0. The number of rotatable bonds is 2. The van der Waals surface area contributed by atoms with Gasteiger partial charge in [0.25, 0.3) is 0 Å². The average molecular weight is 208 g/mol. The molecule has 4 rings (SSSR count). The Balaban J connectivity index is 1.48. The van der Waals surface area contributed by atoms with Crippen LogP contribution in [-0.4, -0.2) is 23.4 Å². The molecule has 4 unspecified atom stereocenters. The van der Waals surface area contributed by atoms with E-state index in [9.17, 15) is 0 Å². The smallest absolute Gasteiger partial charge is 0.0976 e. The summed E-state index contributed by atoms with van der Waals surface area (Å²) in [6.45, 7) is 0. The highest BCUT2D eigenvalue weighted by Gasteiger charge is 2.67. The second kappa shape index (κ2) is 2.78. The summed E-state index contributed by atoms with van der Waals surface area (Å²) in [5.41, 5.74) is 0.564. The quantitative estimate of drug-likeness (QED) is 0.652. The highest BCUT2D eigenvalue weighted by atomic mass is 16.6. The number of hydrogen-bond donors (Lipinski definition) is 0. The summed E-state index contributed by atoms with van der Waals surface area (Å²) >= 11 is 0. The van der Waals surface area contributed by atoms with E-state index in [1.54, 1.807) is 0 Å². The molecule has 0 radical (unpaired) electrons. The number of fused-ring (bicyclic) bond motifs is 2. The van der Waals surface area contributed by atoms with Gasteiger partial charge in [0.2, 0.25) is 0 Å². The number of ether oxygens (including phenoxy) is 2. The zero-order chi connectivity index (χ0) is 9.93. The standard InChI is InChI=1S/C13H20O2/c1-3-7-12(10(5-1)14-12)9-13-8-4-2-6-11(13)15-13/h10-11H,1-9H2. The molecule has 2 heteroatoms. The minimum Gasteiger partial charge on any atom is -0.366 e. The molecule has 2 saturated carbocycles. The molecule has 2 aliphatic heterocycles. The van der Waals surface area contributed by atoms with Crippen LogP contribution in [0.1, 0.15) is 57.8 Å².